The van der Waals surface area contributed by atoms with Crippen LogP contribution in [-0.4, -0.2) is 119 Å². The summed E-state index contributed by atoms with van der Waals surface area (Å²) in [5.41, 5.74) is 0. The second-order valence-electron chi connectivity index (χ2n) is 0.908. The summed E-state index contributed by atoms with van der Waals surface area (Å²) in [5, 5.41) is 0. The normalized spacial score (nSPS) is 9.22. The molecule has 0 unspecified atom stereocenters. The van der Waals surface area contributed by atoms with Gasteiger partial charge in [-0.15, -0.1) is 0 Å². The van der Waals surface area contributed by atoms with Crippen molar-refractivity contribution in [3.63, 3.8) is 0 Å². The molecule has 46 valence electrons. The summed E-state index contributed by atoms with van der Waals surface area (Å²) < 4.78 is 13.6. The van der Waals surface area contributed by atoms with Gasteiger partial charge in [0.25, 0.3) is 0 Å². The molecule has 0 aromatic rings. The summed E-state index contributed by atoms with van der Waals surface area (Å²) in [7, 11) is -4.17. The molecule has 0 atom stereocenters. The van der Waals surface area contributed by atoms with Gasteiger partial charge in [-0.05, 0) is 6.92 Å². The van der Waals surface area contributed by atoms with Crippen LogP contribution in [-0.2, 0) is 9.09 Å². The molecule has 7 heteroatoms. The number of hydrogen-bond donors (Lipinski definition) is 2. The van der Waals surface area contributed by atoms with Crippen molar-refractivity contribution < 1.29 is 18.9 Å². The number of phosphoric acid groups is 1. The molecule has 0 amide bonds. The summed E-state index contributed by atoms with van der Waals surface area (Å²) in [5.74, 6) is 0. The molecule has 2 N–H and O–H groups in total. The van der Waals surface area contributed by atoms with E-state index < -0.39 is 7.82 Å². The van der Waals surface area contributed by atoms with Crippen LogP contribution in [0.3, 0.4) is 0 Å². The number of phosphoric ester groups is 1. The monoisotopic (exact) mass is 204 g/mol. The van der Waals surface area contributed by atoms with Gasteiger partial charge in [-0.1, -0.05) is 0 Å². The van der Waals surface area contributed by atoms with Crippen molar-refractivity contribution in [3.8, 4) is 0 Å². The third-order valence-electron chi connectivity index (χ3n) is 0.297. The Balaban J connectivity index is -0.000000180. The van der Waals surface area contributed by atoms with Crippen LogP contribution in [0.15, 0.2) is 0 Å². The first kappa shape index (κ1) is 18.2. The molecule has 0 aromatic heterocycles. The van der Waals surface area contributed by atoms with E-state index in [2.05, 4.69) is 4.52 Å². The molecular weight excluding hydrogens is 197 g/mol. The first-order valence-corrected chi connectivity index (χ1v) is 3.29. The fourth-order valence-corrected chi connectivity index (χ4v) is 0.505. The predicted octanol–water partition coefficient (Wildman–Crippen LogP) is -0.646. The smallest absolute Gasteiger partial charge is 0.303 e. The minimum Gasteiger partial charge on any atom is -0.303 e. The maximum atomic E-state index is 9.70. The minimum absolute atomic E-state index is 0. The Morgan fingerprint density at radius 3 is 1.78 bits per heavy atom. The van der Waals surface area contributed by atoms with E-state index in [0.29, 0.717) is 0 Å². The fourth-order valence-electron chi connectivity index (χ4n) is 0.168. The molecule has 0 aliphatic heterocycles. The second-order valence-corrected chi connectivity index (χ2v) is 2.15. The van der Waals surface area contributed by atoms with Crippen LogP contribution in [0.1, 0.15) is 6.92 Å². The van der Waals surface area contributed by atoms with Crippen LogP contribution in [0.25, 0.3) is 0 Å². The van der Waals surface area contributed by atoms with Crippen molar-refractivity contribution in [2.45, 2.75) is 6.92 Å². The molecule has 0 fully saturated rings. The Morgan fingerprint density at radius 2 is 1.78 bits per heavy atom. The average Bonchev–Trinajstić information content (AvgIpc) is 1.30. The molecule has 0 saturated heterocycles. The first-order chi connectivity index (χ1) is 3.06. The van der Waals surface area contributed by atoms with E-state index in [0.717, 1.165) is 0 Å². The van der Waals surface area contributed by atoms with E-state index >= 15 is 0 Å². The first-order valence-electron chi connectivity index (χ1n) is 1.76. The van der Waals surface area contributed by atoms with Crippen LogP contribution < -0.4 is 0 Å². The Hall–Kier alpha value is 3.38. The molecule has 0 heterocycles. The maximum absolute atomic E-state index is 9.70. The standard InChI is InChI=1S/C2H7O4P.2K/c1-2-6-7(3,4)5;;/h2H2,1H3,(H2,3,4,5);;. The van der Waals surface area contributed by atoms with Gasteiger partial charge in [0.05, 0.1) is 6.61 Å². The Kier molecular flexibility index (Phi) is 19.2. The van der Waals surface area contributed by atoms with Gasteiger partial charge in [0.2, 0.25) is 0 Å². The Bertz CT molecular complexity index is 90.6. The second kappa shape index (κ2) is 9.47. The van der Waals surface area contributed by atoms with E-state index in [1.807, 2.05) is 0 Å². The van der Waals surface area contributed by atoms with E-state index in [-0.39, 0.29) is 109 Å². The van der Waals surface area contributed by atoms with Gasteiger partial charge in [-0.2, -0.15) is 0 Å². The number of rotatable bonds is 2. The summed E-state index contributed by atoms with van der Waals surface area (Å²) in [4.78, 5) is 15.8. The van der Waals surface area contributed by atoms with Gasteiger partial charge in [0, 0.05) is 103 Å². The minimum atomic E-state index is -4.17. The Morgan fingerprint density at radius 1 is 1.44 bits per heavy atom. The van der Waals surface area contributed by atoms with Crippen LogP contribution in [0, 0.1) is 0 Å². The van der Waals surface area contributed by atoms with Crippen LogP contribution in [0.5, 0.6) is 0 Å². The van der Waals surface area contributed by atoms with Gasteiger partial charge in [-0.3, -0.25) is 4.52 Å². The van der Waals surface area contributed by atoms with Crippen molar-refractivity contribution in [1.82, 2.24) is 0 Å². The Labute approximate surface area is 139 Å². The summed E-state index contributed by atoms with van der Waals surface area (Å²) in [6.45, 7) is 1.56. The van der Waals surface area contributed by atoms with Crippen molar-refractivity contribution in [2.24, 2.45) is 0 Å². The summed E-state index contributed by atoms with van der Waals surface area (Å²) >= 11 is 0. The van der Waals surface area contributed by atoms with E-state index in [9.17, 15) is 4.57 Å². The third-order valence-corrected chi connectivity index (χ3v) is 0.892. The van der Waals surface area contributed by atoms with Gasteiger partial charge < -0.3 is 9.79 Å². The van der Waals surface area contributed by atoms with Crippen LogP contribution in [0.2, 0.25) is 0 Å². The van der Waals surface area contributed by atoms with E-state index in [4.69, 9.17) is 9.79 Å². The van der Waals surface area contributed by atoms with Crippen molar-refractivity contribution in [1.29, 1.82) is 0 Å². The quantitative estimate of drug-likeness (QED) is 0.463. The molecule has 4 nitrogen and oxygen atoms in total. The predicted molar refractivity (Wildman–Crippen MR) is 35.2 cm³/mol. The molecule has 0 bridgehead atoms. The molecule has 0 aliphatic carbocycles. The molecule has 0 saturated carbocycles. The van der Waals surface area contributed by atoms with Gasteiger partial charge in [0.15, 0.2) is 0 Å². The van der Waals surface area contributed by atoms with Gasteiger partial charge in [-0.25, -0.2) is 4.57 Å². The van der Waals surface area contributed by atoms with Gasteiger partial charge >= 0.3 is 7.82 Å². The molecular formula is C2H7K2O4P. The number of hydrogen-bond acceptors (Lipinski definition) is 2. The topological polar surface area (TPSA) is 66.8 Å². The molecule has 9 heavy (non-hydrogen) atoms. The largest absolute Gasteiger partial charge is 0.469 e. The summed E-state index contributed by atoms with van der Waals surface area (Å²) in [6, 6.07) is 0. The van der Waals surface area contributed by atoms with Crippen molar-refractivity contribution in [2.75, 3.05) is 6.61 Å². The zero-order valence-corrected chi connectivity index (χ0v) is 13.0. The zero-order valence-electron chi connectivity index (χ0n) is 5.87. The maximum Gasteiger partial charge on any atom is 0.469 e. The molecule has 0 spiro atoms. The van der Waals surface area contributed by atoms with E-state index in [1.54, 1.807) is 0 Å². The molecule has 0 aromatic carbocycles. The molecule has 2 radical (unpaired) electrons. The summed E-state index contributed by atoms with van der Waals surface area (Å²) in [6.07, 6.45) is 0. The third kappa shape index (κ3) is 18.4. The fraction of sp³-hybridized carbons (Fsp3) is 1.00. The van der Waals surface area contributed by atoms with Crippen LogP contribution in [0.4, 0.5) is 0 Å². The van der Waals surface area contributed by atoms with E-state index in [1.165, 1.54) is 6.92 Å². The molecule has 0 aliphatic rings. The average molecular weight is 204 g/mol. The van der Waals surface area contributed by atoms with Gasteiger partial charge in [0.1, 0.15) is 0 Å². The van der Waals surface area contributed by atoms with Crippen molar-refractivity contribution >= 4 is 111 Å². The zero-order chi connectivity index (χ0) is 5.91. The SMILES string of the molecule is CCOP(=O)(O)O.[K].[K]. The van der Waals surface area contributed by atoms with Crippen molar-refractivity contribution in [3.05, 3.63) is 0 Å². The van der Waals surface area contributed by atoms with Crippen LogP contribution >= 0.6 is 7.82 Å². The molecule has 0 rings (SSSR count).